The molecule has 0 radical (unpaired) electrons. The van der Waals surface area contributed by atoms with Crippen LogP contribution in [-0.2, 0) is 23.9 Å². The van der Waals surface area contributed by atoms with Gasteiger partial charge in [0.05, 0.1) is 37.2 Å². The molecule has 3 fully saturated rings. The van der Waals surface area contributed by atoms with Gasteiger partial charge < -0.3 is 24.8 Å². The van der Waals surface area contributed by atoms with Gasteiger partial charge >= 0.3 is 5.97 Å². The summed E-state index contributed by atoms with van der Waals surface area (Å²) in [6, 6.07) is -1.53. The molecule has 194 valence electrons. The Labute approximate surface area is 211 Å². The standard InChI is InChI=1S/C25H41BrN2O6/c1-9-33-22(32)16-17-21(31)28(15(11-29)13(2)3)19(25(17)10-14(26)18(16)34-25)20(30)27-24(7,8)12-23(4,5)6/h13-19,29H,9-12H2,1-8H3,(H,27,30)/t14?,15-,16+,17-,18+,19+,25-/m0/s1. The van der Waals surface area contributed by atoms with Gasteiger partial charge in [0.1, 0.15) is 11.6 Å². The number of aliphatic hydroxyl groups excluding tert-OH is 1. The van der Waals surface area contributed by atoms with Gasteiger partial charge in [-0.15, -0.1) is 0 Å². The van der Waals surface area contributed by atoms with E-state index in [0.29, 0.717) is 6.42 Å². The highest BCUT2D eigenvalue weighted by Gasteiger charge is 2.77. The molecule has 0 aromatic heterocycles. The van der Waals surface area contributed by atoms with Crippen LogP contribution in [-0.4, -0.2) is 75.2 Å². The van der Waals surface area contributed by atoms with Gasteiger partial charge in [-0.25, -0.2) is 0 Å². The summed E-state index contributed by atoms with van der Waals surface area (Å²) < 4.78 is 11.8. The first kappa shape index (κ1) is 27.4. The number of carbonyl (C=O) groups excluding carboxylic acids is 3. The van der Waals surface area contributed by atoms with Crippen LogP contribution >= 0.6 is 15.9 Å². The number of hydrogen-bond acceptors (Lipinski definition) is 6. The predicted molar refractivity (Wildman–Crippen MR) is 131 cm³/mol. The number of aliphatic hydroxyl groups is 1. The van der Waals surface area contributed by atoms with Gasteiger partial charge in [-0.05, 0) is 44.9 Å². The Morgan fingerprint density at radius 3 is 2.41 bits per heavy atom. The minimum absolute atomic E-state index is 0.0212. The van der Waals surface area contributed by atoms with E-state index in [1.807, 2.05) is 27.7 Å². The monoisotopic (exact) mass is 544 g/mol. The number of rotatable bonds is 8. The molecular formula is C25H41BrN2O6. The molecule has 1 unspecified atom stereocenters. The number of hydrogen-bond donors (Lipinski definition) is 2. The van der Waals surface area contributed by atoms with Crippen molar-refractivity contribution in [2.45, 2.75) is 102 Å². The van der Waals surface area contributed by atoms with Crippen LogP contribution in [0.1, 0.15) is 68.2 Å². The average molecular weight is 546 g/mol. The van der Waals surface area contributed by atoms with E-state index in [0.717, 1.165) is 6.42 Å². The van der Waals surface area contributed by atoms with Gasteiger partial charge in [-0.3, -0.25) is 14.4 Å². The molecule has 3 heterocycles. The summed E-state index contributed by atoms with van der Waals surface area (Å²) in [5.41, 5.74) is -1.71. The van der Waals surface area contributed by atoms with Gasteiger partial charge in [0.15, 0.2) is 0 Å². The second-order valence-corrected chi connectivity index (χ2v) is 13.4. The third-order valence-corrected chi connectivity index (χ3v) is 8.13. The number of likely N-dealkylation sites (tertiary alicyclic amines) is 1. The highest BCUT2D eigenvalue weighted by atomic mass is 79.9. The summed E-state index contributed by atoms with van der Waals surface area (Å²) in [5.74, 6) is -2.81. The second kappa shape index (κ2) is 9.36. The van der Waals surface area contributed by atoms with Gasteiger partial charge in [-0.1, -0.05) is 50.5 Å². The first-order chi connectivity index (χ1) is 15.6. The second-order valence-electron chi connectivity index (χ2n) is 12.3. The number of carbonyl (C=O) groups is 3. The van der Waals surface area contributed by atoms with E-state index < -0.39 is 47.1 Å². The SMILES string of the molecule is CCOC(=O)[C@H]1[C@@H]2O[C@@]3(CC2Br)[C@@H]1C(=O)N([C@@H](CO)C(C)C)[C@@H]3C(=O)NC(C)(C)CC(C)(C)C. The minimum Gasteiger partial charge on any atom is -0.466 e. The Hall–Kier alpha value is -1.19. The van der Waals surface area contributed by atoms with Crippen LogP contribution in [0.3, 0.4) is 0 Å². The van der Waals surface area contributed by atoms with E-state index in [-0.39, 0.29) is 41.2 Å². The molecule has 0 saturated carbocycles. The van der Waals surface area contributed by atoms with E-state index in [2.05, 4.69) is 42.0 Å². The lowest BCUT2D eigenvalue weighted by molar-refractivity contribution is -0.155. The Balaban J connectivity index is 2.07. The van der Waals surface area contributed by atoms with Crippen LogP contribution in [0.25, 0.3) is 0 Å². The lowest BCUT2D eigenvalue weighted by Crippen LogP contribution is -2.62. The van der Waals surface area contributed by atoms with Crippen LogP contribution in [0.15, 0.2) is 0 Å². The van der Waals surface area contributed by atoms with E-state index in [9.17, 15) is 19.5 Å². The number of alkyl halides is 1. The Morgan fingerprint density at radius 1 is 1.29 bits per heavy atom. The predicted octanol–water partition coefficient (Wildman–Crippen LogP) is 2.65. The summed E-state index contributed by atoms with van der Waals surface area (Å²) in [7, 11) is 0. The number of nitrogens with zero attached hydrogens (tertiary/aromatic N) is 1. The maximum Gasteiger partial charge on any atom is 0.312 e. The number of halogens is 1. The smallest absolute Gasteiger partial charge is 0.312 e. The zero-order valence-corrected chi connectivity index (χ0v) is 23.3. The molecule has 0 aromatic carbocycles. The van der Waals surface area contributed by atoms with Crippen LogP contribution in [0.5, 0.6) is 0 Å². The molecule has 9 heteroatoms. The van der Waals surface area contributed by atoms with Gasteiger partial charge in [0, 0.05) is 10.4 Å². The number of amides is 2. The molecule has 3 saturated heterocycles. The highest BCUT2D eigenvalue weighted by Crippen LogP contribution is 2.60. The fourth-order valence-corrected chi connectivity index (χ4v) is 7.57. The normalized spacial score (nSPS) is 33.9. The zero-order chi connectivity index (χ0) is 25.8. The summed E-state index contributed by atoms with van der Waals surface area (Å²) in [5, 5.41) is 13.4. The summed E-state index contributed by atoms with van der Waals surface area (Å²) in [6.45, 7) is 15.7. The Kier molecular flexibility index (Phi) is 7.54. The van der Waals surface area contributed by atoms with Gasteiger partial charge in [-0.2, -0.15) is 0 Å². The van der Waals surface area contributed by atoms with Crippen molar-refractivity contribution < 1.29 is 29.0 Å². The molecule has 3 rings (SSSR count). The van der Waals surface area contributed by atoms with Crippen molar-refractivity contribution in [2.24, 2.45) is 23.2 Å². The van der Waals surface area contributed by atoms with Crippen molar-refractivity contribution in [2.75, 3.05) is 13.2 Å². The quantitative estimate of drug-likeness (QED) is 0.359. The molecule has 1 spiro atoms. The van der Waals surface area contributed by atoms with Crippen molar-refractivity contribution in [1.82, 2.24) is 10.2 Å². The van der Waals surface area contributed by atoms with Gasteiger partial charge in [0.25, 0.3) is 0 Å². The van der Waals surface area contributed by atoms with Crippen molar-refractivity contribution >= 4 is 33.7 Å². The van der Waals surface area contributed by atoms with E-state index in [1.54, 1.807) is 6.92 Å². The first-order valence-corrected chi connectivity index (χ1v) is 13.3. The zero-order valence-electron chi connectivity index (χ0n) is 21.7. The number of nitrogens with one attached hydrogen (secondary N) is 1. The van der Waals surface area contributed by atoms with Crippen molar-refractivity contribution in [1.29, 1.82) is 0 Å². The van der Waals surface area contributed by atoms with Crippen LogP contribution < -0.4 is 5.32 Å². The number of esters is 1. The van der Waals surface area contributed by atoms with Crippen LogP contribution in [0.4, 0.5) is 0 Å². The van der Waals surface area contributed by atoms with Crippen LogP contribution in [0, 0.1) is 23.2 Å². The largest absolute Gasteiger partial charge is 0.466 e. The lowest BCUT2D eigenvalue weighted by atomic mass is 9.70. The molecule has 34 heavy (non-hydrogen) atoms. The third kappa shape index (κ3) is 4.64. The maximum absolute atomic E-state index is 14.0. The summed E-state index contributed by atoms with van der Waals surface area (Å²) in [4.78, 5) is 42.2. The topological polar surface area (TPSA) is 105 Å². The maximum atomic E-state index is 14.0. The average Bonchev–Trinajstić information content (AvgIpc) is 3.24. The minimum atomic E-state index is -1.16. The fourth-order valence-electron chi connectivity index (χ4n) is 6.62. The lowest BCUT2D eigenvalue weighted by Gasteiger charge is -2.41. The summed E-state index contributed by atoms with van der Waals surface area (Å²) in [6.07, 6.45) is 0.612. The highest BCUT2D eigenvalue weighted by molar-refractivity contribution is 9.09. The molecule has 3 aliphatic heterocycles. The van der Waals surface area contributed by atoms with Crippen molar-refractivity contribution in [3.05, 3.63) is 0 Å². The number of fused-ring (bicyclic) bond motifs is 1. The van der Waals surface area contributed by atoms with E-state index in [1.165, 1.54) is 4.90 Å². The van der Waals surface area contributed by atoms with Gasteiger partial charge in [0.2, 0.25) is 11.8 Å². The molecule has 0 aromatic rings. The molecule has 2 bridgehead atoms. The fraction of sp³-hybridized carbons (Fsp3) is 0.880. The summed E-state index contributed by atoms with van der Waals surface area (Å²) >= 11 is 3.64. The molecular weight excluding hydrogens is 504 g/mol. The molecule has 0 aliphatic carbocycles. The molecule has 7 atom stereocenters. The van der Waals surface area contributed by atoms with Crippen molar-refractivity contribution in [3.8, 4) is 0 Å². The van der Waals surface area contributed by atoms with Crippen LogP contribution in [0.2, 0.25) is 0 Å². The number of ether oxygens (including phenoxy) is 2. The molecule has 2 amide bonds. The Bertz CT molecular complexity index is 825. The molecule has 2 N–H and O–H groups in total. The Morgan fingerprint density at radius 2 is 1.91 bits per heavy atom. The third-order valence-electron chi connectivity index (χ3n) is 7.28. The van der Waals surface area contributed by atoms with E-state index in [4.69, 9.17) is 9.47 Å². The van der Waals surface area contributed by atoms with Crippen molar-refractivity contribution in [3.63, 3.8) is 0 Å². The van der Waals surface area contributed by atoms with E-state index >= 15 is 0 Å². The molecule has 8 nitrogen and oxygen atoms in total. The first-order valence-electron chi connectivity index (χ1n) is 12.3. The molecule has 3 aliphatic rings.